The molecule has 3 N–H and O–H groups in total. The molecule has 30 heavy (non-hydrogen) atoms. The molecule has 1 heterocycles. The molecule has 0 bridgehead atoms. The molecule has 3 rings (SSSR count). The molecule has 1 fully saturated rings. The lowest BCUT2D eigenvalue weighted by Gasteiger charge is -2.30. The van der Waals surface area contributed by atoms with Crippen LogP contribution in [0.4, 0.5) is 17.5 Å². The zero-order valence-corrected chi connectivity index (χ0v) is 18.8. The molecular weight excluding hydrogens is 421 g/mol. The molecule has 1 aromatic carbocycles. The Kier molecular flexibility index (Phi) is 7.16. The van der Waals surface area contributed by atoms with Gasteiger partial charge in [-0.2, -0.15) is 4.98 Å². The largest absolute Gasteiger partial charge is 0.351 e. The van der Waals surface area contributed by atoms with E-state index in [-0.39, 0.29) is 18.0 Å². The molecule has 1 aliphatic carbocycles. The van der Waals surface area contributed by atoms with E-state index >= 15 is 0 Å². The highest BCUT2D eigenvalue weighted by atomic mass is 35.5. The summed E-state index contributed by atoms with van der Waals surface area (Å²) in [5.41, 5.74) is 0.710. The predicted molar refractivity (Wildman–Crippen MR) is 124 cm³/mol. The molecule has 160 valence electrons. The fourth-order valence-corrected chi connectivity index (χ4v) is 4.89. The number of rotatable bonds is 7. The third kappa shape index (κ3) is 5.83. The summed E-state index contributed by atoms with van der Waals surface area (Å²) in [6.45, 7) is 6.96. The molecule has 1 saturated carbocycles. The second kappa shape index (κ2) is 9.63. The highest BCUT2D eigenvalue weighted by Crippen LogP contribution is 2.38. The van der Waals surface area contributed by atoms with Crippen LogP contribution < -0.4 is 21.3 Å². The van der Waals surface area contributed by atoms with Crippen LogP contribution in [0.15, 0.2) is 43.1 Å². The van der Waals surface area contributed by atoms with Crippen molar-refractivity contribution in [1.29, 1.82) is 0 Å². The topological polar surface area (TPSA) is 96.0 Å². The Morgan fingerprint density at radius 1 is 1.27 bits per heavy atom. The van der Waals surface area contributed by atoms with Gasteiger partial charge in [-0.15, -0.1) is 0 Å². The Bertz CT molecular complexity index is 978. The standard InChI is InChI=1S/C21H27ClN5O2P/c1-4-19(28)24-14-8-7-9-15(12-14)25-21-23-13-16(22)20(27-21)26-17-10-5-6-11-18(17)30(2,3)29/h4-6,10-11,13-15H,1,7-9,12H2,2-3H3,(H,24,28)(H2,23,25,26,27)/t14-,15+/m0/s1. The van der Waals surface area contributed by atoms with Crippen molar-refractivity contribution in [2.75, 3.05) is 24.0 Å². The van der Waals surface area contributed by atoms with Gasteiger partial charge in [0.1, 0.15) is 12.2 Å². The first-order valence-corrected chi connectivity index (χ1v) is 12.9. The Morgan fingerprint density at radius 3 is 2.73 bits per heavy atom. The minimum Gasteiger partial charge on any atom is -0.351 e. The van der Waals surface area contributed by atoms with Crippen LogP contribution >= 0.6 is 18.7 Å². The average molecular weight is 448 g/mol. The van der Waals surface area contributed by atoms with E-state index in [9.17, 15) is 9.36 Å². The second-order valence-corrected chi connectivity index (χ2v) is 11.4. The van der Waals surface area contributed by atoms with E-state index in [0.29, 0.717) is 22.5 Å². The zero-order valence-electron chi connectivity index (χ0n) is 17.2. The van der Waals surface area contributed by atoms with Gasteiger partial charge >= 0.3 is 0 Å². The molecule has 1 amide bonds. The van der Waals surface area contributed by atoms with Gasteiger partial charge in [0, 0.05) is 17.4 Å². The Hall–Kier alpha value is -2.37. The molecule has 1 aliphatic rings. The van der Waals surface area contributed by atoms with Crippen LogP contribution in [0.1, 0.15) is 25.7 Å². The first-order chi connectivity index (χ1) is 14.3. The van der Waals surface area contributed by atoms with Crippen LogP contribution in [0, 0.1) is 0 Å². The molecule has 0 spiro atoms. The maximum atomic E-state index is 12.6. The fourth-order valence-electron chi connectivity index (χ4n) is 3.60. The van der Waals surface area contributed by atoms with Crippen molar-refractivity contribution in [2.24, 2.45) is 0 Å². The Labute approximate surface area is 182 Å². The third-order valence-electron chi connectivity index (χ3n) is 5.02. The van der Waals surface area contributed by atoms with Crippen LogP contribution in [0.2, 0.25) is 5.02 Å². The van der Waals surface area contributed by atoms with Gasteiger partial charge < -0.3 is 20.5 Å². The normalized spacial score (nSPS) is 19.0. The van der Waals surface area contributed by atoms with Crippen molar-refractivity contribution in [3.63, 3.8) is 0 Å². The monoisotopic (exact) mass is 447 g/mol. The van der Waals surface area contributed by atoms with E-state index in [1.54, 1.807) is 19.5 Å². The molecule has 0 radical (unpaired) electrons. The van der Waals surface area contributed by atoms with Crippen LogP contribution in [0.5, 0.6) is 0 Å². The summed E-state index contributed by atoms with van der Waals surface area (Å²) in [7, 11) is -2.48. The summed E-state index contributed by atoms with van der Waals surface area (Å²) in [6, 6.07) is 7.67. The number of nitrogens with zero attached hydrogens (tertiary/aromatic N) is 2. The van der Waals surface area contributed by atoms with Gasteiger partial charge in [0.2, 0.25) is 11.9 Å². The van der Waals surface area contributed by atoms with Crippen LogP contribution in [0.25, 0.3) is 0 Å². The number of anilines is 3. The number of hydrogen-bond acceptors (Lipinski definition) is 6. The Balaban J connectivity index is 1.74. The van der Waals surface area contributed by atoms with Crippen molar-refractivity contribution in [3.05, 3.63) is 48.1 Å². The minimum atomic E-state index is -2.48. The maximum absolute atomic E-state index is 12.6. The summed E-state index contributed by atoms with van der Waals surface area (Å²) >= 11 is 6.31. The molecule has 7 nitrogen and oxygen atoms in total. The summed E-state index contributed by atoms with van der Waals surface area (Å²) in [4.78, 5) is 20.4. The summed E-state index contributed by atoms with van der Waals surface area (Å²) in [5.74, 6) is 0.747. The van der Waals surface area contributed by atoms with E-state index < -0.39 is 7.14 Å². The number of para-hydroxylation sites is 1. The van der Waals surface area contributed by atoms with E-state index in [1.165, 1.54) is 6.08 Å². The molecule has 2 aromatic rings. The van der Waals surface area contributed by atoms with E-state index in [1.807, 2.05) is 24.3 Å². The first-order valence-electron chi connectivity index (χ1n) is 9.90. The number of hydrogen-bond donors (Lipinski definition) is 3. The molecule has 0 unspecified atom stereocenters. The number of carbonyl (C=O) groups excluding carboxylic acids is 1. The van der Waals surface area contributed by atoms with Gasteiger partial charge in [-0.05, 0) is 57.2 Å². The summed E-state index contributed by atoms with van der Waals surface area (Å²) < 4.78 is 12.6. The fraction of sp³-hybridized carbons (Fsp3) is 0.381. The van der Waals surface area contributed by atoms with Gasteiger partial charge in [0.05, 0.1) is 11.9 Å². The molecule has 2 atom stereocenters. The van der Waals surface area contributed by atoms with E-state index in [0.717, 1.165) is 31.0 Å². The smallest absolute Gasteiger partial charge is 0.243 e. The van der Waals surface area contributed by atoms with Crippen molar-refractivity contribution >= 4 is 47.4 Å². The van der Waals surface area contributed by atoms with E-state index in [4.69, 9.17) is 11.6 Å². The summed E-state index contributed by atoms with van der Waals surface area (Å²) in [5, 5.41) is 10.6. The number of nitrogens with one attached hydrogen (secondary N) is 3. The van der Waals surface area contributed by atoms with Gasteiger partial charge in [0.15, 0.2) is 5.82 Å². The third-order valence-corrected chi connectivity index (χ3v) is 6.85. The van der Waals surface area contributed by atoms with E-state index in [2.05, 4.69) is 32.5 Å². The lowest BCUT2D eigenvalue weighted by Crippen LogP contribution is -2.41. The van der Waals surface area contributed by atoms with Crippen molar-refractivity contribution in [3.8, 4) is 0 Å². The maximum Gasteiger partial charge on any atom is 0.243 e. The quantitative estimate of drug-likeness (QED) is 0.436. The average Bonchev–Trinajstić information content (AvgIpc) is 2.70. The van der Waals surface area contributed by atoms with Crippen molar-refractivity contribution in [2.45, 2.75) is 37.8 Å². The molecule has 9 heteroatoms. The van der Waals surface area contributed by atoms with Crippen LogP contribution in [-0.2, 0) is 9.36 Å². The Morgan fingerprint density at radius 2 is 2.00 bits per heavy atom. The van der Waals surface area contributed by atoms with Crippen LogP contribution in [0.3, 0.4) is 0 Å². The second-order valence-electron chi connectivity index (χ2n) is 7.80. The zero-order chi connectivity index (χ0) is 21.7. The van der Waals surface area contributed by atoms with Gasteiger partial charge in [-0.1, -0.05) is 30.3 Å². The van der Waals surface area contributed by atoms with Gasteiger partial charge in [-0.3, -0.25) is 4.79 Å². The summed E-state index contributed by atoms with van der Waals surface area (Å²) in [6.07, 6.45) is 6.52. The first kappa shape index (κ1) is 22.3. The predicted octanol–water partition coefficient (Wildman–Crippen LogP) is 4.15. The molecule has 0 aliphatic heterocycles. The lowest BCUT2D eigenvalue weighted by atomic mass is 9.91. The number of halogens is 1. The van der Waals surface area contributed by atoms with Crippen LogP contribution in [-0.4, -0.2) is 41.3 Å². The minimum absolute atomic E-state index is 0.0989. The number of aromatic nitrogens is 2. The molecular formula is C21H27ClN5O2P. The number of amides is 1. The van der Waals surface area contributed by atoms with Gasteiger partial charge in [-0.25, -0.2) is 4.98 Å². The number of benzene rings is 1. The van der Waals surface area contributed by atoms with Crippen molar-refractivity contribution < 1.29 is 9.36 Å². The lowest BCUT2D eigenvalue weighted by molar-refractivity contribution is -0.117. The number of carbonyl (C=O) groups is 1. The highest BCUT2D eigenvalue weighted by Gasteiger charge is 2.24. The molecule has 1 aromatic heterocycles. The SMILES string of the molecule is C=CC(=O)N[C@H]1CCC[C@@H](Nc2ncc(Cl)c(Nc3ccccc3P(C)(C)=O)n2)C1. The van der Waals surface area contributed by atoms with Crippen molar-refractivity contribution in [1.82, 2.24) is 15.3 Å². The highest BCUT2D eigenvalue weighted by molar-refractivity contribution is 7.70. The van der Waals surface area contributed by atoms with Gasteiger partial charge in [0.25, 0.3) is 0 Å². The molecule has 0 saturated heterocycles.